The molecule has 1 atom stereocenters. The summed E-state index contributed by atoms with van der Waals surface area (Å²) in [7, 11) is -3.59. The van der Waals surface area contributed by atoms with E-state index in [4.69, 9.17) is 0 Å². The van der Waals surface area contributed by atoms with Gasteiger partial charge in [0.1, 0.15) is 0 Å². The Hall–Kier alpha value is -1.83. The molecule has 0 spiro atoms. The van der Waals surface area contributed by atoms with Crippen molar-refractivity contribution in [2.45, 2.75) is 34.8 Å². The van der Waals surface area contributed by atoms with Crippen molar-refractivity contribution in [1.29, 1.82) is 0 Å². The molecule has 0 saturated heterocycles. The highest BCUT2D eigenvalue weighted by atomic mass is 32.2. The number of nitrogens with one attached hydrogen (secondary N) is 2. The number of amides is 1. The van der Waals surface area contributed by atoms with Gasteiger partial charge in [-0.15, -0.1) is 11.8 Å². The van der Waals surface area contributed by atoms with Crippen molar-refractivity contribution < 1.29 is 13.2 Å². The van der Waals surface area contributed by atoms with Crippen molar-refractivity contribution in [1.82, 2.24) is 4.72 Å². The van der Waals surface area contributed by atoms with Crippen LogP contribution in [-0.4, -0.2) is 26.1 Å². The highest BCUT2D eigenvalue weighted by Crippen LogP contribution is 2.36. The van der Waals surface area contributed by atoms with Crippen LogP contribution in [0.15, 0.2) is 58.3 Å². The third-order valence-corrected chi connectivity index (χ3v) is 6.61. The number of hydrogen-bond acceptors (Lipinski definition) is 4. The molecule has 0 aliphatic carbocycles. The molecule has 0 saturated carbocycles. The third kappa shape index (κ3) is 4.42. The molecular formula is C18H20N2O3S2. The van der Waals surface area contributed by atoms with Crippen LogP contribution in [0.5, 0.6) is 0 Å². The van der Waals surface area contributed by atoms with Gasteiger partial charge in [-0.1, -0.05) is 30.3 Å². The van der Waals surface area contributed by atoms with E-state index < -0.39 is 10.0 Å². The zero-order chi connectivity index (χ0) is 17.9. The first-order valence-corrected chi connectivity index (χ1v) is 10.5. The van der Waals surface area contributed by atoms with E-state index in [9.17, 15) is 13.2 Å². The first kappa shape index (κ1) is 18.0. The summed E-state index contributed by atoms with van der Waals surface area (Å²) in [5.74, 6) is -0.108. The fourth-order valence-electron chi connectivity index (χ4n) is 2.58. The molecule has 1 heterocycles. The summed E-state index contributed by atoms with van der Waals surface area (Å²) in [6, 6.07) is 14.8. The maximum absolute atomic E-state index is 12.4. The van der Waals surface area contributed by atoms with Gasteiger partial charge in [-0.25, -0.2) is 13.1 Å². The zero-order valence-corrected chi connectivity index (χ0v) is 15.5. The van der Waals surface area contributed by atoms with E-state index in [1.165, 1.54) is 23.4 Å². The van der Waals surface area contributed by atoms with Crippen molar-refractivity contribution in [2.24, 2.45) is 0 Å². The van der Waals surface area contributed by atoms with Gasteiger partial charge < -0.3 is 5.32 Å². The first-order chi connectivity index (χ1) is 12.0. The number of carbonyl (C=O) groups is 1. The van der Waals surface area contributed by atoms with Crippen LogP contribution in [-0.2, 0) is 21.2 Å². The molecule has 7 heteroatoms. The molecule has 132 valence electrons. The average Bonchev–Trinajstić information content (AvgIpc) is 2.60. The molecule has 25 heavy (non-hydrogen) atoms. The van der Waals surface area contributed by atoms with Gasteiger partial charge >= 0.3 is 0 Å². The third-order valence-electron chi connectivity index (χ3n) is 3.97. The standard InChI is InChI=1S/C18H20N2O3S2/c1-13-18(21)20-16-12-15(9-10-17(16)24-13)25(22,23)19-11-5-8-14-6-3-2-4-7-14/h2-4,6-7,9-10,12-13,19H,5,8,11H2,1H3,(H,20,21). The van der Waals surface area contributed by atoms with Crippen LogP contribution in [0.3, 0.4) is 0 Å². The van der Waals surface area contributed by atoms with Crippen molar-refractivity contribution in [3.05, 3.63) is 54.1 Å². The van der Waals surface area contributed by atoms with Crippen LogP contribution < -0.4 is 10.0 Å². The highest BCUT2D eigenvalue weighted by molar-refractivity contribution is 8.01. The monoisotopic (exact) mass is 376 g/mol. The summed E-state index contributed by atoms with van der Waals surface area (Å²) in [5, 5.41) is 2.58. The minimum atomic E-state index is -3.59. The second-order valence-corrected chi connectivity index (χ2v) is 9.04. The molecule has 1 aliphatic rings. The number of sulfonamides is 1. The van der Waals surface area contributed by atoms with Crippen LogP contribution in [0.1, 0.15) is 18.9 Å². The summed E-state index contributed by atoms with van der Waals surface area (Å²) >= 11 is 1.43. The molecule has 0 fully saturated rings. The van der Waals surface area contributed by atoms with Gasteiger partial charge in [0, 0.05) is 11.4 Å². The smallest absolute Gasteiger partial charge is 0.240 e. The SMILES string of the molecule is CC1Sc2ccc(S(=O)(=O)NCCCc3ccccc3)cc2NC1=O. The second kappa shape index (κ2) is 7.59. The zero-order valence-electron chi connectivity index (χ0n) is 13.9. The predicted molar refractivity (Wildman–Crippen MR) is 100 cm³/mol. The number of carbonyl (C=O) groups excluding carboxylic acids is 1. The second-order valence-electron chi connectivity index (χ2n) is 5.89. The van der Waals surface area contributed by atoms with Crippen LogP contribution >= 0.6 is 11.8 Å². The van der Waals surface area contributed by atoms with Crippen LogP contribution in [0.4, 0.5) is 5.69 Å². The molecule has 2 aromatic rings. The topological polar surface area (TPSA) is 75.3 Å². The fourth-order valence-corrected chi connectivity index (χ4v) is 4.61. The first-order valence-electron chi connectivity index (χ1n) is 8.11. The number of thioether (sulfide) groups is 1. The molecule has 1 unspecified atom stereocenters. The Kier molecular flexibility index (Phi) is 5.46. The quantitative estimate of drug-likeness (QED) is 0.760. The molecule has 0 aromatic heterocycles. The number of aryl methyl sites for hydroxylation is 1. The predicted octanol–water partition coefficient (Wildman–Crippen LogP) is 3.03. The number of anilines is 1. The van der Waals surface area contributed by atoms with Crippen LogP contribution in [0, 0.1) is 0 Å². The lowest BCUT2D eigenvalue weighted by Gasteiger charge is -2.21. The summed E-state index contributed by atoms with van der Waals surface area (Å²) in [4.78, 5) is 12.8. The summed E-state index contributed by atoms with van der Waals surface area (Å²) in [6.07, 6.45) is 1.54. The molecule has 1 aliphatic heterocycles. The van der Waals surface area contributed by atoms with Crippen molar-refractivity contribution in [3.8, 4) is 0 Å². The fraction of sp³-hybridized carbons (Fsp3) is 0.278. The van der Waals surface area contributed by atoms with Crippen molar-refractivity contribution in [2.75, 3.05) is 11.9 Å². The molecule has 3 rings (SSSR count). The number of fused-ring (bicyclic) bond motifs is 1. The van der Waals surface area contributed by atoms with Gasteiger partial charge in [0.05, 0.1) is 15.8 Å². The summed E-state index contributed by atoms with van der Waals surface area (Å²) in [5.41, 5.74) is 1.74. The molecule has 5 nitrogen and oxygen atoms in total. The number of rotatable bonds is 6. The lowest BCUT2D eigenvalue weighted by atomic mass is 10.1. The lowest BCUT2D eigenvalue weighted by molar-refractivity contribution is -0.115. The Morgan fingerprint density at radius 3 is 2.68 bits per heavy atom. The maximum atomic E-state index is 12.4. The summed E-state index contributed by atoms with van der Waals surface area (Å²) < 4.78 is 27.5. The number of benzene rings is 2. The largest absolute Gasteiger partial charge is 0.324 e. The van der Waals surface area contributed by atoms with Crippen molar-refractivity contribution >= 4 is 33.4 Å². The minimum absolute atomic E-state index is 0.108. The Labute approximate surface area is 152 Å². The molecule has 2 N–H and O–H groups in total. The van der Waals surface area contributed by atoms with E-state index in [0.29, 0.717) is 12.2 Å². The van der Waals surface area contributed by atoms with E-state index in [1.807, 2.05) is 37.3 Å². The highest BCUT2D eigenvalue weighted by Gasteiger charge is 2.24. The van der Waals surface area contributed by atoms with Crippen LogP contribution in [0.2, 0.25) is 0 Å². The average molecular weight is 377 g/mol. The molecule has 1 amide bonds. The van der Waals surface area contributed by atoms with Gasteiger partial charge in [-0.05, 0) is 43.5 Å². The van der Waals surface area contributed by atoms with Gasteiger partial charge in [0.25, 0.3) is 0 Å². The normalized spacial score (nSPS) is 17.0. The minimum Gasteiger partial charge on any atom is -0.324 e. The van der Waals surface area contributed by atoms with Crippen molar-refractivity contribution in [3.63, 3.8) is 0 Å². The molecule has 0 bridgehead atoms. The maximum Gasteiger partial charge on any atom is 0.240 e. The van der Waals surface area contributed by atoms with Gasteiger partial charge in [-0.2, -0.15) is 0 Å². The van der Waals surface area contributed by atoms with Gasteiger partial charge in [0.15, 0.2) is 0 Å². The molecule has 0 radical (unpaired) electrons. The van der Waals surface area contributed by atoms with Crippen LogP contribution in [0.25, 0.3) is 0 Å². The van der Waals surface area contributed by atoms with Gasteiger partial charge in [0.2, 0.25) is 15.9 Å². The Morgan fingerprint density at radius 2 is 1.92 bits per heavy atom. The van der Waals surface area contributed by atoms with E-state index in [2.05, 4.69) is 10.0 Å². The van der Waals surface area contributed by atoms with Gasteiger partial charge in [-0.3, -0.25) is 4.79 Å². The molecular weight excluding hydrogens is 356 g/mol. The lowest BCUT2D eigenvalue weighted by Crippen LogP contribution is -2.28. The van der Waals surface area contributed by atoms with E-state index in [0.717, 1.165) is 17.7 Å². The summed E-state index contributed by atoms with van der Waals surface area (Å²) in [6.45, 7) is 2.19. The van der Waals surface area contributed by atoms with E-state index in [1.54, 1.807) is 12.1 Å². The molecule has 2 aromatic carbocycles. The Balaban J connectivity index is 1.62. The number of hydrogen-bond donors (Lipinski definition) is 2. The van der Waals surface area contributed by atoms with E-state index >= 15 is 0 Å². The Bertz CT molecular complexity index is 867. The Morgan fingerprint density at radius 1 is 1.16 bits per heavy atom. The van der Waals surface area contributed by atoms with E-state index in [-0.39, 0.29) is 16.1 Å².